The van der Waals surface area contributed by atoms with Crippen LogP contribution < -0.4 is 0 Å². The summed E-state index contributed by atoms with van der Waals surface area (Å²) in [7, 11) is -3.82. The zero-order valence-corrected chi connectivity index (χ0v) is 12.0. The van der Waals surface area contributed by atoms with E-state index in [-0.39, 0.29) is 4.90 Å². The highest BCUT2D eigenvalue weighted by molar-refractivity contribution is 7.89. The van der Waals surface area contributed by atoms with Crippen molar-refractivity contribution < 1.29 is 21.6 Å². The van der Waals surface area contributed by atoms with Crippen LogP contribution in [0.2, 0.25) is 5.02 Å². The highest BCUT2D eigenvalue weighted by Gasteiger charge is 2.33. The first-order valence-corrected chi connectivity index (χ1v) is 7.91. The fraction of sp³-hybridized carbons (Fsp3) is 0.500. The summed E-state index contributed by atoms with van der Waals surface area (Å²) in [5.41, 5.74) is -0.958. The third kappa shape index (κ3) is 3.10. The van der Waals surface area contributed by atoms with Crippen LogP contribution >= 0.6 is 11.6 Å². The van der Waals surface area contributed by atoms with Crippen molar-refractivity contribution in [1.29, 1.82) is 0 Å². The van der Waals surface area contributed by atoms with Crippen molar-refractivity contribution in [3.05, 3.63) is 28.8 Å². The fourth-order valence-corrected chi connectivity index (χ4v) is 4.17. The third-order valence-corrected chi connectivity index (χ3v) is 5.57. The smallest absolute Gasteiger partial charge is 0.207 e. The summed E-state index contributed by atoms with van der Waals surface area (Å²) < 4.78 is 63.5. The maximum atomic E-state index is 12.5. The summed E-state index contributed by atoms with van der Waals surface area (Å²) in [6, 6.07) is 2.32. The molecule has 1 saturated heterocycles. The molecular weight excluding hydrogens is 315 g/mol. The van der Waals surface area contributed by atoms with Crippen molar-refractivity contribution in [1.82, 2.24) is 4.31 Å². The van der Waals surface area contributed by atoms with Gasteiger partial charge in [0.05, 0.1) is 10.6 Å². The molecule has 3 nitrogen and oxygen atoms in total. The standard InChI is InChI=1S/C12H13ClF3NO2S/c13-10-8-9(12(14,15)16)4-5-11(10)20(18,19)17-6-2-1-3-7-17/h4-5,8H,1-3,6-7H2. The molecule has 20 heavy (non-hydrogen) atoms. The van der Waals surface area contributed by atoms with Gasteiger partial charge in [0.15, 0.2) is 0 Å². The van der Waals surface area contributed by atoms with Crippen molar-refractivity contribution in [2.75, 3.05) is 13.1 Å². The molecule has 0 saturated carbocycles. The van der Waals surface area contributed by atoms with Gasteiger partial charge in [0.2, 0.25) is 10.0 Å². The number of alkyl halides is 3. The molecule has 0 unspecified atom stereocenters. The van der Waals surface area contributed by atoms with Crippen LogP contribution in [-0.2, 0) is 16.2 Å². The van der Waals surface area contributed by atoms with Gasteiger partial charge in [-0.2, -0.15) is 17.5 Å². The van der Waals surface area contributed by atoms with Gasteiger partial charge in [-0.1, -0.05) is 18.0 Å². The van der Waals surface area contributed by atoms with E-state index < -0.39 is 26.8 Å². The Bertz CT molecular complexity index is 595. The topological polar surface area (TPSA) is 37.4 Å². The normalized spacial score (nSPS) is 18.2. The van der Waals surface area contributed by atoms with E-state index in [1.165, 1.54) is 4.31 Å². The van der Waals surface area contributed by atoms with E-state index in [1.54, 1.807) is 0 Å². The zero-order valence-electron chi connectivity index (χ0n) is 10.5. The van der Waals surface area contributed by atoms with E-state index in [4.69, 9.17) is 11.6 Å². The van der Waals surface area contributed by atoms with Gasteiger partial charge in [0, 0.05) is 13.1 Å². The number of halogens is 4. The molecule has 8 heteroatoms. The number of rotatable bonds is 2. The van der Waals surface area contributed by atoms with Gasteiger partial charge in [-0.05, 0) is 31.0 Å². The average molecular weight is 328 g/mol. The Labute approximate surface area is 120 Å². The molecule has 0 atom stereocenters. The highest BCUT2D eigenvalue weighted by atomic mass is 35.5. The highest BCUT2D eigenvalue weighted by Crippen LogP contribution is 2.34. The minimum Gasteiger partial charge on any atom is -0.207 e. The van der Waals surface area contributed by atoms with Crippen LogP contribution in [0.1, 0.15) is 24.8 Å². The predicted octanol–water partition coefficient (Wildman–Crippen LogP) is 3.53. The molecule has 1 aliphatic heterocycles. The number of hydrogen-bond donors (Lipinski definition) is 0. The van der Waals surface area contributed by atoms with E-state index in [0.717, 1.165) is 31.4 Å². The van der Waals surface area contributed by atoms with E-state index in [2.05, 4.69) is 0 Å². The molecule has 0 radical (unpaired) electrons. The second kappa shape index (κ2) is 5.54. The van der Waals surface area contributed by atoms with Crippen LogP contribution in [0.25, 0.3) is 0 Å². The molecule has 112 valence electrons. The van der Waals surface area contributed by atoms with E-state index in [1.807, 2.05) is 0 Å². The Hall–Kier alpha value is -0.790. The van der Waals surface area contributed by atoms with Crippen molar-refractivity contribution >= 4 is 21.6 Å². The lowest BCUT2D eigenvalue weighted by molar-refractivity contribution is -0.137. The molecule has 0 aromatic heterocycles. The van der Waals surface area contributed by atoms with Crippen molar-refractivity contribution in [2.24, 2.45) is 0 Å². The first-order valence-electron chi connectivity index (χ1n) is 6.10. The van der Waals surface area contributed by atoms with Gasteiger partial charge in [0.1, 0.15) is 4.90 Å². The molecule has 1 heterocycles. The maximum absolute atomic E-state index is 12.5. The summed E-state index contributed by atoms with van der Waals surface area (Å²) in [4.78, 5) is -0.269. The molecule has 0 spiro atoms. The van der Waals surface area contributed by atoms with E-state index in [0.29, 0.717) is 19.2 Å². The van der Waals surface area contributed by atoms with Crippen LogP contribution in [0, 0.1) is 0 Å². The molecule has 0 N–H and O–H groups in total. The summed E-state index contributed by atoms with van der Waals surface area (Å²) in [6.45, 7) is 0.749. The van der Waals surface area contributed by atoms with Crippen LogP contribution in [0.3, 0.4) is 0 Å². The molecule has 1 aromatic rings. The number of benzene rings is 1. The quantitative estimate of drug-likeness (QED) is 0.833. The lowest BCUT2D eigenvalue weighted by atomic mass is 10.2. The number of hydrogen-bond acceptors (Lipinski definition) is 2. The first kappa shape index (κ1) is 15.6. The fourth-order valence-electron chi connectivity index (χ4n) is 2.13. The Morgan fingerprint density at radius 3 is 2.20 bits per heavy atom. The van der Waals surface area contributed by atoms with Crippen molar-refractivity contribution in [3.8, 4) is 0 Å². The third-order valence-electron chi connectivity index (χ3n) is 3.19. The molecule has 1 aliphatic rings. The van der Waals surface area contributed by atoms with Gasteiger partial charge in [-0.3, -0.25) is 0 Å². The largest absolute Gasteiger partial charge is 0.416 e. The Kier molecular flexibility index (Phi) is 4.32. The molecule has 2 rings (SSSR count). The summed E-state index contributed by atoms with van der Waals surface area (Å²) in [5, 5.41) is -0.398. The van der Waals surface area contributed by atoms with Gasteiger partial charge in [0.25, 0.3) is 0 Å². The summed E-state index contributed by atoms with van der Waals surface area (Å²) >= 11 is 5.73. The molecule has 0 aliphatic carbocycles. The first-order chi connectivity index (χ1) is 9.23. The van der Waals surface area contributed by atoms with Crippen LogP contribution in [0.15, 0.2) is 23.1 Å². The lowest BCUT2D eigenvalue weighted by Gasteiger charge is -2.26. The van der Waals surface area contributed by atoms with Gasteiger partial charge in [-0.25, -0.2) is 8.42 Å². The van der Waals surface area contributed by atoms with Crippen molar-refractivity contribution in [3.63, 3.8) is 0 Å². The number of piperidine rings is 1. The van der Waals surface area contributed by atoms with E-state index >= 15 is 0 Å². The zero-order chi connectivity index (χ0) is 15.0. The average Bonchev–Trinajstić information content (AvgIpc) is 2.38. The maximum Gasteiger partial charge on any atom is 0.416 e. The number of sulfonamides is 1. The number of nitrogens with zero attached hydrogens (tertiary/aromatic N) is 1. The second-order valence-electron chi connectivity index (χ2n) is 4.61. The summed E-state index contributed by atoms with van der Waals surface area (Å²) in [6.07, 6.45) is -2.10. The van der Waals surface area contributed by atoms with E-state index in [9.17, 15) is 21.6 Å². The minimum atomic E-state index is -4.54. The SMILES string of the molecule is O=S(=O)(c1ccc(C(F)(F)F)cc1Cl)N1CCCCC1. The molecular formula is C12H13ClF3NO2S. The van der Waals surface area contributed by atoms with Crippen LogP contribution in [0.4, 0.5) is 13.2 Å². The van der Waals surface area contributed by atoms with Gasteiger partial charge in [-0.15, -0.1) is 0 Å². The molecule has 0 bridgehead atoms. The second-order valence-corrected chi connectivity index (χ2v) is 6.92. The monoisotopic (exact) mass is 327 g/mol. The molecule has 1 aromatic carbocycles. The predicted molar refractivity (Wildman–Crippen MR) is 69.1 cm³/mol. The Morgan fingerprint density at radius 2 is 1.70 bits per heavy atom. The van der Waals surface area contributed by atoms with Crippen LogP contribution in [-0.4, -0.2) is 25.8 Å². The Morgan fingerprint density at radius 1 is 1.10 bits per heavy atom. The molecule has 1 fully saturated rings. The molecule has 0 amide bonds. The Balaban J connectivity index is 2.37. The van der Waals surface area contributed by atoms with Crippen LogP contribution in [0.5, 0.6) is 0 Å². The van der Waals surface area contributed by atoms with Gasteiger partial charge < -0.3 is 0 Å². The van der Waals surface area contributed by atoms with Gasteiger partial charge >= 0.3 is 6.18 Å². The van der Waals surface area contributed by atoms with Crippen molar-refractivity contribution in [2.45, 2.75) is 30.3 Å². The minimum absolute atomic E-state index is 0.269. The lowest BCUT2D eigenvalue weighted by Crippen LogP contribution is -2.35. The summed E-state index contributed by atoms with van der Waals surface area (Å²) in [5.74, 6) is 0.